The van der Waals surface area contributed by atoms with E-state index in [4.69, 9.17) is 5.11 Å². The minimum absolute atomic E-state index is 0.0260. The lowest BCUT2D eigenvalue weighted by atomic mass is 9.97. The molecule has 0 aliphatic rings. The highest BCUT2D eigenvalue weighted by atomic mass is 32.2. The Bertz CT molecular complexity index is 931. The number of nitrogens with one attached hydrogen (secondary N) is 1. The lowest BCUT2D eigenvalue weighted by molar-refractivity contribution is -0.141. The third kappa shape index (κ3) is 8.03. The number of carbonyl (C=O) groups is 1. The van der Waals surface area contributed by atoms with E-state index in [1.807, 2.05) is 24.3 Å². The van der Waals surface area contributed by atoms with Crippen molar-refractivity contribution in [2.45, 2.75) is 56.4 Å². The smallest absolute Gasteiger partial charge is 0.306 e. The Morgan fingerprint density at radius 1 is 1.00 bits per heavy atom. The summed E-state index contributed by atoms with van der Waals surface area (Å²) < 4.78 is 53.8. The molecule has 2 unspecified atom stereocenters. The van der Waals surface area contributed by atoms with Gasteiger partial charge in [-0.15, -0.1) is 0 Å². The van der Waals surface area contributed by atoms with Crippen LogP contribution in [0.1, 0.15) is 56.2 Å². The summed E-state index contributed by atoms with van der Waals surface area (Å²) in [6.07, 6.45) is 3.34. The van der Waals surface area contributed by atoms with E-state index < -0.39 is 40.4 Å². The number of aliphatic carboxylic acids is 1. The Morgan fingerprint density at radius 3 is 2.23 bits per heavy atom. The fraction of sp³-hybridized carbons (Fsp3) is 0.435. The summed E-state index contributed by atoms with van der Waals surface area (Å²) >= 11 is 0. The number of benzene rings is 2. The molecule has 0 saturated heterocycles. The lowest BCUT2D eigenvalue weighted by Crippen LogP contribution is -2.28. The Hall–Kier alpha value is -2.32. The molecule has 0 aliphatic heterocycles. The zero-order chi connectivity index (χ0) is 22.9. The number of halogens is 2. The number of carboxylic acids is 1. The third-order valence-corrected chi connectivity index (χ3v) is 6.71. The van der Waals surface area contributed by atoms with E-state index in [9.17, 15) is 22.0 Å². The minimum Gasteiger partial charge on any atom is -0.481 e. The van der Waals surface area contributed by atoms with Crippen LogP contribution in [0.3, 0.4) is 0 Å². The first-order valence-electron chi connectivity index (χ1n) is 10.4. The first-order valence-corrected chi connectivity index (χ1v) is 11.9. The van der Waals surface area contributed by atoms with Gasteiger partial charge in [0, 0.05) is 6.04 Å². The van der Waals surface area contributed by atoms with Crippen molar-refractivity contribution in [1.29, 1.82) is 0 Å². The number of rotatable bonds is 13. The predicted molar refractivity (Wildman–Crippen MR) is 115 cm³/mol. The second-order valence-electron chi connectivity index (χ2n) is 7.69. The number of carboxylic acid groups (broad SMARTS) is 1. The van der Waals surface area contributed by atoms with Crippen LogP contribution in [0.15, 0.2) is 53.4 Å². The van der Waals surface area contributed by atoms with E-state index in [1.54, 1.807) is 6.92 Å². The highest BCUT2D eigenvalue weighted by Gasteiger charge is 2.21. The maximum Gasteiger partial charge on any atom is 0.306 e. The summed E-state index contributed by atoms with van der Waals surface area (Å²) in [6.45, 7) is 1.25. The zero-order valence-corrected chi connectivity index (χ0v) is 18.4. The van der Waals surface area contributed by atoms with Crippen LogP contribution in [0.25, 0.3) is 0 Å². The van der Waals surface area contributed by atoms with E-state index in [-0.39, 0.29) is 4.90 Å². The summed E-state index contributed by atoms with van der Waals surface area (Å²) in [5.74, 6) is -1.79. The van der Waals surface area contributed by atoms with Crippen molar-refractivity contribution in [2.75, 3.05) is 6.67 Å². The number of unbranched alkanes of at least 4 members (excludes halogenated alkanes) is 2. The van der Waals surface area contributed by atoms with Crippen LogP contribution in [-0.4, -0.2) is 26.2 Å². The molecular weight excluding hydrogens is 424 g/mol. The maximum absolute atomic E-state index is 13.2. The lowest BCUT2D eigenvalue weighted by Gasteiger charge is -2.20. The number of sulfonamides is 1. The van der Waals surface area contributed by atoms with Crippen LogP contribution in [-0.2, 0) is 21.2 Å². The fourth-order valence-electron chi connectivity index (χ4n) is 3.21. The summed E-state index contributed by atoms with van der Waals surface area (Å²) in [4.78, 5) is 10.9. The molecule has 5 nitrogen and oxygen atoms in total. The number of aryl methyl sites for hydroxylation is 1. The van der Waals surface area contributed by atoms with Gasteiger partial charge in [0.25, 0.3) is 0 Å². The molecule has 0 amide bonds. The number of hydrogen-bond acceptors (Lipinski definition) is 3. The molecular formula is C23H29F2NO4S. The van der Waals surface area contributed by atoms with E-state index in [1.165, 1.54) is 12.1 Å². The van der Waals surface area contributed by atoms with Crippen molar-refractivity contribution in [3.05, 3.63) is 65.5 Å². The molecule has 0 fully saturated rings. The number of hydrogen-bond donors (Lipinski definition) is 2. The van der Waals surface area contributed by atoms with Crippen molar-refractivity contribution in [3.8, 4) is 0 Å². The molecule has 2 N–H and O–H groups in total. The highest BCUT2D eigenvalue weighted by molar-refractivity contribution is 7.89. The molecule has 0 heterocycles. The van der Waals surface area contributed by atoms with Gasteiger partial charge in [0.2, 0.25) is 10.0 Å². The first-order chi connectivity index (χ1) is 14.7. The first kappa shape index (κ1) is 24.9. The molecule has 0 bridgehead atoms. The molecule has 0 radical (unpaired) electrons. The van der Waals surface area contributed by atoms with Gasteiger partial charge in [0.15, 0.2) is 0 Å². The largest absolute Gasteiger partial charge is 0.481 e. The molecule has 8 heteroatoms. The van der Waals surface area contributed by atoms with Crippen LogP contribution in [0, 0.1) is 11.7 Å². The van der Waals surface area contributed by atoms with Crippen LogP contribution in [0.2, 0.25) is 0 Å². The maximum atomic E-state index is 13.2. The van der Waals surface area contributed by atoms with Gasteiger partial charge in [-0.25, -0.2) is 17.5 Å². The summed E-state index contributed by atoms with van der Waals surface area (Å²) in [6, 6.07) is 11.5. The van der Waals surface area contributed by atoms with Crippen molar-refractivity contribution in [3.63, 3.8) is 0 Å². The van der Waals surface area contributed by atoms with Crippen LogP contribution >= 0.6 is 0 Å². The third-order valence-electron chi connectivity index (χ3n) is 5.22. The van der Waals surface area contributed by atoms with Gasteiger partial charge in [-0.1, -0.05) is 44.0 Å². The van der Waals surface area contributed by atoms with Crippen molar-refractivity contribution < 1.29 is 27.1 Å². The van der Waals surface area contributed by atoms with Gasteiger partial charge >= 0.3 is 5.97 Å². The zero-order valence-electron chi connectivity index (χ0n) is 17.6. The van der Waals surface area contributed by atoms with E-state index in [0.29, 0.717) is 38.5 Å². The Morgan fingerprint density at radius 2 is 1.65 bits per heavy atom. The van der Waals surface area contributed by atoms with Crippen molar-refractivity contribution in [2.24, 2.45) is 5.92 Å². The van der Waals surface area contributed by atoms with Gasteiger partial charge in [-0.2, -0.15) is 0 Å². The topological polar surface area (TPSA) is 83.5 Å². The Kier molecular flexibility index (Phi) is 9.58. The van der Waals surface area contributed by atoms with E-state index in [2.05, 4.69) is 4.72 Å². The van der Waals surface area contributed by atoms with Crippen LogP contribution in [0.4, 0.5) is 8.78 Å². The van der Waals surface area contributed by atoms with Gasteiger partial charge in [0.05, 0.1) is 17.5 Å². The average molecular weight is 454 g/mol. The quantitative estimate of drug-likeness (QED) is 0.417. The Labute approximate surface area is 182 Å². The van der Waals surface area contributed by atoms with E-state index in [0.717, 1.165) is 23.3 Å². The second-order valence-corrected chi connectivity index (χ2v) is 9.40. The molecule has 0 aromatic heterocycles. The standard InChI is InChI=1S/C23H29F2NO4S/c1-17(23(27)28)6-7-18-8-10-19(11-9-18)22(5-3-2-4-16-24)26-31(29,30)21-14-12-20(25)13-15-21/h8-15,17,22,26H,2-7,16H2,1H3,(H,27,28). The minimum atomic E-state index is -3.86. The fourth-order valence-corrected chi connectivity index (χ4v) is 4.46. The van der Waals surface area contributed by atoms with Gasteiger partial charge < -0.3 is 5.11 Å². The summed E-state index contributed by atoms with van der Waals surface area (Å²) in [5, 5.41) is 9.01. The molecule has 2 atom stereocenters. The Balaban J connectivity index is 2.14. The second kappa shape index (κ2) is 11.9. The highest BCUT2D eigenvalue weighted by Crippen LogP contribution is 2.24. The summed E-state index contributed by atoms with van der Waals surface area (Å²) in [5.41, 5.74) is 1.73. The SMILES string of the molecule is CC(CCc1ccc(C(CCCCCF)NS(=O)(=O)c2ccc(F)cc2)cc1)C(=O)O. The van der Waals surface area contributed by atoms with E-state index >= 15 is 0 Å². The molecule has 170 valence electrons. The van der Waals surface area contributed by atoms with Gasteiger partial charge in [-0.05, 0) is 61.1 Å². The molecule has 2 aromatic carbocycles. The molecule has 0 aliphatic carbocycles. The number of alkyl halides is 1. The molecule has 2 aromatic rings. The normalized spacial score (nSPS) is 13.6. The van der Waals surface area contributed by atoms with Crippen molar-refractivity contribution in [1.82, 2.24) is 4.72 Å². The van der Waals surface area contributed by atoms with Gasteiger partial charge in [-0.3, -0.25) is 9.18 Å². The monoisotopic (exact) mass is 453 g/mol. The average Bonchev–Trinajstić information content (AvgIpc) is 2.74. The summed E-state index contributed by atoms with van der Waals surface area (Å²) in [7, 11) is -3.86. The molecule has 0 spiro atoms. The van der Waals surface area contributed by atoms with Gasteiger partial charge in [0.1, 0.15) is 5.82 Å². The predicted octanol–water partition coefficient (Wildman–Crippen LogP) is 5.03. The molecule has 0 saturated carbocycles. The van der Waals surface area contributed by atoms with Crippen molar-refractivity contribution >= 4 is 16.0 Å². The molecule has 2 rings (SSSR count). The van der Waals surface area contributed by atoms with Crippen LogP contribution < -0.4 is 4.72 Å². The van der Waals surface area contributed by atoms with Crippen LogP contribution in [0.5, 0.6) is 0 Å². The molecule has 31 heavy (non-hydrogen) atoms.